The number of aliphatic imine (C=N–C) groups is 1. The Kier molecular flexibility index (Phi) is 5.47. The Morgan fingerprint density at radius 1 is 1.18 bits per heavy atom. The summed E-state index contributed by atoms with van der Waals surface area (Å²) in [6.07, 6.45) is 1.76. The van der Waals surface area contributed by atoms with Crippen molar-refractivity contribution >= 4 is 50.9 Å². The lowest BCUT2D eigenvalue weighted by molar-refractivity contribution is 0.122. The quantitative estimate of drug-likeness (QED) is 0.353. The van der Waals surface area contributed by atoms with E-state index in [0.29, 0.717) is 35.2 Å². The number of benzene rings is 2. The number of hydrogen-bond acceptors (Lipinski definition) is 5. The van der Waals surface area contributed by atoms with Gasteiger partial charge in [-0.25, -0.2) is 9.98 Å². The average Bonchev–Trinajstić information content (AvgIpc) is 3.14. The number of pyridine rings is 1. The predicted molar refractivity (Wildman–Crippen MR) is 133 cm³/mol. The molecule has 0 unspecified atom stereocenters. The molecule has 1 saturated heterocycles. The van der Waals surface area contributed by atoms with Gasteiger partial charge in [-0.15, -0.1) is 0 Å². The highest BCUT2D eigenvalue weighted by Crippen LogP contribution is 2.33. The SMILES string of the molecule is CC(N)=NC(=N)c1cc(N2CCOCC2)cc2c1nc(C)n2-c1ccnc2c(Cl)cccc12. The molecular formula is C24H24ClN7O. The smallest absolute Gasteiger partial charge is 0.156 e. The fourth-order valence-corrected chi connectivity index (χ4v) is 4.55. The fourth-order valence-electron chi connectivity index (χ4n) is 4.32. The number of nitrogens with one attached hydrogen (secondary N) is 1. The third kappa shape index (κ3) is 3.81. The van der Waals surface area contributed by atoms with Crippen molar-refractivity contribution in [1.82, 2.24) is 14.5 Å². The summed E-state index contributed by atoms with van der Waals surface area (Å²) in [4.78, 5) is 15.8. The Bertz CT molecular complexity index is 1420. The molecule has 2 aromatic carbocycles. The number of anilines is 1. The van der Waals surface area contributed by atoms with Crippen LogP contribution in [0.2, 0.25) is 5.02 Å². The molecule has 5 rings (SSSR count). The molecule has 3 N–H and O–H groups in total. The van der Waals surface area contributed by atoms with Crippen LogP contribution >= 0.6 is 11.6 Å². The third-order valence-electron chi connectivity index (χ3n) is 5.77. The summed E-state index contributed by atoms with van der Waals surface area (Å²) in [5.74, 6) is 1.21. The molecule has 4 aromatic rings. The number of fused-ring (bicyclic) bond motifs is 2. The lowest BCUT2D eigenvalue weighted by Gasteiger charge is -2.29. The molecule has 2 aromatic heterocycles. The molecule has 1 aliphatic heterocycles. The number of hydrogen-bond donors (Lipinski definition) is 2. The zero-order chi connectivity index (χ0) is 23.1. The van der Waals surface area contributed by atoms with Crippen LogP contribution in [0.4, 0.5) is 5.69 Å². The van der Waals surface area contributed by atoms with Crippen LogP contribution in [0.3, 0.4) is 0 Å². The Balaban J connectivity index is 1.81. The number of amidine groups is 2. The van der Waals surface area contributed by atoms with Gasteiger partial charge in [0, 0.05) is 35.9 Å². The molecule has 1 aliphatic rings. The standard InChI is InChI=1S/C24H24ClN7O/c1-14(26)29-24(27)18-12-16(31-8-10-33-11-9-31)13-21-23(18)30-15(2)32(21)20-6-7-28-22-17(20)4-3-5-19(22)25/h3-7,12-13H,8-11H2,1-2H3,(H3,26,27,29). The number of halogens is 1. The summed E-state index contributed by atoms with van der Waals surface area (Å²) < 4.78 is 7.63. The maximum absolute atomic E-state index is 8.61. The molecule has 9 heteroatoms. The zero-order valence-electron chi connectivity index (χ0n) is 18.5. The molecule has 0 amide bonds. The number of nitrogens with two attached hydrogens (primary N) is 1. The van der Waals surface area contributed by atoms with Gasteiger partial charge in [0.1, 0.15) is 11.3 Å². The van der Waals surface area contributed by atoms with Crippen molar-refractivity contribution < 1.29 is 4.74 Å². The molecule has 168 valence electrons. The van der Waals surface area contributed by atoms with E-state index in [-0.39, 0.29) is 5.84 Å². The number of ether oxygens (including phenoxy) is 1. The molecular weight excluding hydrogens is 438 g/mol. The highest BCUT2D eigenvalue weighted by atomic mass is 35.5. The van der Waals surface area contributed by atoms with E-state index < -0.39 is 0 Å². The van der Waals surface area contributed by atoms with Gasteiger partial charge in [-0.3, -0.25) is 15.0 Å². The Labute approximate surface area is 196 Å². The zero-order valence-corrected chi connectivity index (χ0v) is 19.2. The highest BCUT2D eigenvalue weighted by Gasteiger charge is 2.21. The summed E-state index contributed by atoms with van der Waals surface area (Å²) >= 11 is 6.43. The number of aromatic nitrogens is 3. The van der Waals surface area contributed by atoms with E-state index in [0.717, 1.165) is 46.7 Å². The first kappa shape index (κ1) is 21.4. The van der Waals surface area contributed by atoms with Crippen molar-refractivity contribution in [3.05, 3.63) is 59.0 Å². The number of rotatable bonds is 3. The summed E-state index contributed by atoms with van der Waals surface area (Å²) in [5, 5.41) is 10.1. The van der Waals surface area contributed by atoms with Gasteiger partial charge in [0.15, 0.2) is 5.84 Å². The lowest BCUT2D eigenvalue weighted by Crippen LogP contribution is -2.36. The molecule has 1 fully saturated rings. The molecule has 0 bridgehead atoms. The predicted octanol–water partition coefficient (Wildman–Crippen LogP) is 4.07. The van der Waals surface area contributed by atoms with Crippen molar-refractivity contribution in [2.75, 3.05) is 31.2 Å². The van der Waals surface area contributed by atoms with Gasteiger partial charge in [0.05, 0.1) is 40.8 Å². The van der Waals surface area contributed by atoms with Gasteiger partial charge in [0.2, 0.25) is 0 Å². The first-order valence-corrected chi connectivity index (χ1v) is 11.1. The summed E-state index contributed by atoms with van der Waals surface area (Å²) in [5.41, 5.74) is 10.7. The summed E-state index contributed by atoms with van der Waals surface area (Å²) in [7, 11) is 0. The van der Waals surface area contributed by atoms with E-state index in [4.69, 9.17) is 32.5 Å². The second-order valence-electron chi connectivity index (χ2n) is 8.02. The third-order valence-corrected chi connectivity index (χ3v) is 6.08. The van der Waals surface area contributed by atoms with Gasteiger partial charge in [0.25, 0.3) is 0 Å². The Morgan fingerprint density at radius 3 is 2.73 bits per heavy atom. The second kappa shape index (κ2) is 8.46. The average molecular weight is 462 g/mol. The van der Waals surface area contributed by atoms with Crippen LogP contribution in [0, 0.1) is 12.3 Å². The molecule has 0 aliphatic carbocycles. The summed E-state index contributed by atoms with van der Waals surface area (Å²) in [6, 6.07) is 11.8. The van der Waals surface area contributed by atoms with Crippen LogP contribution in [-0.4, -0.2) is 52.5 Å². The molecule has 0 radical (unpaired) electrons. The van der Waals surface area contributed by atoms with Crippen molar-refractivity contribution in [3.63, 3.8) is 0 Å². The maximum Gasteiger partial charge on any atom is 0.156 e. The molecule has 8 nitrogen and oxygen atoms in total. The second-order valence-corrected chi connectivity index (χ2v) is 8.43. The van der Waals surface area contributed by atoms with Crippen LogP contribution in [0.15, 0.2) is 47.6 Å². The van der Waals surface area contributed by atoms with Crippen molar-refractivity contribution in [2.45, 2.75) is 13.8 Å². The number of para-hydroxylation sites is 1. The topological polar surface area (TPSA) is 105 Å². The molecule has 3 heterocycles. The van der Waals surface area contributed by atoms with Crippen molar-refractivity contribution in [3.8, 4) is 5.69 Å². The van der Waals surface area contributed by atoms with E-state index >= 15 is 0 Å². The van der Waals surface area contributed by atoms with E-state index in [9.17, 15) is 0 Å². The number of imidazole rings is 1. The van der Waals surface area contributed by atoms with Gasteiger partial charge in [-0.05, 0) is 38.1 Å². The molecule has 33 heavy (non-hydrogen) atoms. The van der Waals surface area contributed by atoms with Crippen molar-refractivity contribution in [2.24, 2.45) is 10.7 Å². The molecule has 0 atom stereocenters. The van der Waals surface area contributed by atoms with Crippen LogP contribution < -0.4 is 10.6 Å². The first-order chi connectivity index (χ1) is 15.9. The van der Waals surface area contributed by atoms with E-state index in [2.05, 4.69) is 25.5 Å². The van der Waals surface area contributed by atoms with Crippen molar-refractivity contribution in [1.29, 1.82) is 5.41 Å². The monoisotopic (exact) mass is 461 g/mol. The van der Waals surface area contributed by atoms with Gasteiger partial charge in [-0.1, -0.05) is 23.7 Å². The van der Waals surface area contributed by atoms with E-state index in [1.54, 1.807) is 13.1 Å². The highest BCUT2D eigenvalue weighted by molar-refractivity contribution is 6.35. The van der Waals surface area contributed by atoms with Gasteiger partial charge in [-0.2, -0.15) is 0 Å². The number of morpholine rings is 1. The fraction of sp³-hybridized carbons (Fsp3) is 0.250. The minimum Gasteiger partial charge on any atom is -0.387 e. The van der Waals surface area contributed by atoms with Crippen LogP contribution in [0.1, 0.15) is 18.3 Å². The number of aryl methyl sites for hydroxylation is 1. The maximum atomic E-state index is 8.61. The van der Waals surface area contributed by atoms with E-state index in [1.165, 1.54) is 0 Å². The lowest BCUT2D eigenvalue weighted by atomic mass is 10.1. The van der Waals surface area contributed by atoms with Crippen LogP contribution in [0.25, 0.3) is 27.6 Å². The normalized spacial score (nSPS) is 14.9. The van der Waals surface area contributed by atoms with Crippen LogP contribution in [0.5, 0.6) is 0 Å². The van der Waals surface area contributed by atoms with Gasteiger partial charge < -0.3 is 15.4 Å². The largest absolute Gasteiger partial charge is 0.387 e. The van der Waals surface area contributed by atoms with Gasteiger partial charge >= 0.3 is 0 Å². The minimum absolute atomic E-state index is 0.0855. The molecule has 0 saturated carbocycles. The summed E-state index contributed by atoms with van der Waals surface area (Å²) in [6.45, 7) is 6.51. The first-order valence-electron chi connectivity index (χ1n) is 10.7. The Morgan fingerprint density at radius 2 is 1.97 bits per heavy atom. The van der Waals surface area contributed by atoms with E-state index in [1.807, 2.05) is 37.3 Å². The number of nitrogens with zero attached hydrogens (tertiary/aromatic N) is 5. The molecule has 0 spiro atoms. The Hall–Kier alpha value is -3.49. The minimum atomic E-state index is 0.0855. The van der Waals surface area contributed by atoms with Crippen LogP contribution in [-0.2, 0) is 4.74 Å².